The molecule has 1 aromatic rings. The number of piperazine rings is 1. The molecule has 24 heavy (non-hydrogen) atoms. The van der Waals surface area contributed by atoms with Crippen LogP contribution in [0.15, 0.2) is 12.4 Å². The van der Waals surface area contributed by atoms with E-state index >= 15 is 0 Å². The Balaban J connectivity index is 2.11. The van der Waals surface area contributed by atoms with Gasteiger partial charge in [-0.1, -0.05) is 13.8 Å². The summed E-state index contributed by atoms with van der Waals surface area (Å²) in [6.07, 6.45) is 2.99. The van der Waals surface area contributed by atoms with Crippen LogP contribution in [0.25, 0.3) is 0 Å². The van der Waals surface area contributed by atoms with Crippen molar-refractivity contribution in [3.8, 4) is 0 Å². The summed E-state index contributed by atoms with van der Waals surface area (Å²) < 4.78 is 4.63. The van der Waals surface area contributed by atoms with Gasteiger partial charge in [0.2, 0.25) is 0 Å². The number of carbonyl (C=O) groups is 2. The molecular formula is C16H25N5O3. The monoisotopic (exact) mass is 335 g/mol. The quantitative estimate of drug-likeness (QED) is 0.830. The summed E-state index contributed by atoms with van der Waals surface area (Å²) in [6.45, 7) is 8.71. The van der Waals surface area contributed by atoms with Gasteiger partial charge in [-0.25, -0.2) is 19.6 Å². The molecule has 2 rings (SSSR count). The lowest BCUT2D eigenvalue weighted by molar-refractivity contribution is 0.0593. The fraction of sp³-hybridized carbons (Fsp3) is 0.625. The maximum absolute atomic E-state index is 12.2. The lowest BCUT2D eigenvalue weighted by Gasteiger charge is -2.43. The number of ether oxygens (including phenoxy) is 1. The summed E-state index contributed by atoms with van der Waals surface area (Å²) in [5, 5.41) is 2.87. The molecule has 0 aliphatic carbocycles. The molecule has 0 saturated carbocycles. The van der Waals surface area contributed by atoms with Crippen molar-refractivity contribution in [1.82, 2.24) is 20.2 Å². The third kappa shape index (κ3) is 3.93. The number of nitrogens with zero attached hydrogens (tertiary/aromatic N) is 4. The van der Waals surface area contributed by atoms with Crippen molar-refractivity contribution in [2.24, 2.45) is 5.92 Å². The zero-order valence-corrected chi connectivity index (χ0v) is 14.7. The van der Waals surface area contributed by atoms with Gasteiger partial charge in [-0.05, 0) is 12.8 Å². The van der Waals surface area contributed by atoms with Crippen LogP contribution in [0.2, 0.25) is 0 Å². The second-order valence-corrected chi connectivity index (χ2v) is 6.04. The molecule has 1 aliphatic rings. The Bertz CT molecular complexity index is 576. The number of nitrogens with one attached hydrogen (secondary N) is 1. The van der Waals surface area contributed by atoms with Crippen LogP contribution in [0.3, 0.4) is 0 Å². The number of anilines is 1. The Morgan fingerprint density at radius 2 is 2.08 bits per heavy atom. The van der Waals surface area contributed by atoms with E-state index in [1.165, 1.54) is 13.3 Å². The van der Waals surface area contributed by atoms with E-state index in [2.05, 4.69) is 38.8 Å². The van der Waals surface area contributed by atoms with Crippen LogP contribution >= 0.6 is 0 Å². The summed E-state index contributed by atoms with van der Waals surface area (Å²) in [5.74, 6) is 0.511. The fourth-order valence-corrected chi connectivity index (χ4v) is 2.79. The average Bonchev–Trinajstić information content (AvgIpc) is 2.60. The first-order chi connectivity index (χ1) is 11.5. The van der Waals surface area contributed by atoms with E-state index < -0.39 is 5.97 Å². The molecule has 1 aromatic heterocycles. The summed E-state index contributed by atoms with van der Waals surface area (Å²) in [7, 11) is 1.31. The van der Waals surface area contributed by atoms with Gasteiger partial charge in [0.15, 0.2) is 5.69 Å². The lowest BCUT2D eigenvalue weighted by Crippen LogP contribution is -2.59. The van der Waals surface area contributed by atoms with Crippen LogP contribution in [0.1, 0.15) is 31.3 Å². The van der Waals surface area contributed by atoms with Crippen LogP contribution in [-0.4, -0.2) is 66.2 Å². The van der Waals surface area contributed by atoms with Crippen molar-refractivity contribution in [2.45, 2.75) is 26.8 Å². The number of rotatable bonds is 4. The number of hydrogen-bond acceptors (Lipinski definition) is 6. The molecule has 1 unspecified atom stereocenters. The van der Waals surface area contributed by atoms with Crippen LogP contribution in [-0.2, 0) is 4.74 Å². The standard InChI is InChI=1S/C16H25N5O3/c1-5-17-16(23)21-7-6-20(10-13(21)11(2)3)14-9-18-12(8-19-14)15(22)24-4/h8-9,11,13H,5-7,10H2,1-4H3,(H,17,23). The lowest BCUT2D eigenvalue weighted by atomic mass is 10.00. The zero-order valence-electron chi connectivity index (χ0n) is 14.7. The van der Waals surface area contributed by atoms with E-state index in [4.69, 9.17) is 0 Å². The van der Waals surface area contributed by atoms with E-state index in [1.807, 2.05) is 11.8 Å². The number of amides is 2. The number of esters is 1. The maximum Gasteiger partial charge on any atom is 0.358 e. The highest BCUT2D eigenvalue weighted by Crippen LogP contribution is 2.21. The molecule has 1 atom stereocenters. The number of carbonyl (C=O) groups excluding carboxylic acids is 2. The fourth-order valence-electron chi connectivity index (χ4n) is 2.79. The highest BCUT2D eigenvalue weighted by Gasteiger charge is 2.32. The van der Waals surface area contributed by atoms with Crippen LogP contribution in [0, 0.1) is 5.92 Å². The molecule has 1 fully saturated rings. The minimum Gasteiger partial charge on any atom is -0.464 e. The Morgan fingerprint density at radius 1 is 1.33 bits per heavy atom. The maximum atomic E-state index is 12.2. The average molecular weight is 335 g/mol. The zero-order chi connectivity index (χ0) is 17.7. The number of urea groups is 1. The molecule has 0 bridgehead atoms. The van der Waals surface area contributed by atoms with Gasteiger partial charge >= 0.3 is 12.0 Å². The predicted octanol–water partition coefficient (Wildman–Crippen LogP) is 1.14. The summed E-state index contributed by atoms with van der Waals surface area (Å²) >= 11 is 0. The molecule has 1 N–H and O–H groups in total. The minimum atomic E-state index is -0.504. The second-order valence-electron chi connectivity index (χ2n) is 6.04. The highest BCUT2D eigenvalue weighted by atomic mass is 16.5. The molecule has 1 saturated heterocycles. The number of methoxy groups -OCH3 is 1. The molecule has 2 heterocycles. The van der Waals surface area contributed by atoms with Crippen LogP contribution < -0.4 is 10.2 Å². The van der Waals surface area contributed by atoms with Gasteiger partial charge in [0, 0.05) is 26.2 Å². The van der Waals surface area contributed by atoms with Gasteiger partial charge < -0.3 is 19.9 Å². The first-order valence-electron chi connectivity index (χ1n) is 8.17. The highest BCUT2D eigenvalue weighted by molar-refractivity contribution is 5.86. The van der Waals surface area contributed by atoms with Gasteiger partial charge in [0.1, 0.15) is 5.82 Å². The van der Waals surface area contributed by atoms with Crippen molar-refractivity contribution >= 4 is 17.8 Å². The van der Waals surface area contributed by atoms with E-state index in [0.717, 1.165) is 0 Å². The number of hydrogen-bond donors (Lipinski definition) is 1. The van der Waals surface area contributed by atoms with Gasteiger partial charge in [0.25, 0.3) is 0 Å². The largest absolute Gasteiger partial charge is 0.464 e. The van der Waals surface area contributed by atoms with E-state index in [9.17, 15) is 9.59 Å². The topological polar surface area (TPSA) is 87.7 Å². The van der Waals surface area contributed by atoms with Crippen molar-refractivity contribution in [3.05, 3.63) is 18.1 Å². The van der Waals surface area contributed by atoms with Crippen molar-refractivity contribution in [3.63, 3.8) is 0 Å². The van der Waals surface area contributed by atoms with E-state index in [-0.39, 0.29) is 17.8 Å². The first-order valence-corrected chi connectivity index (χ1v) is 8.17. The third-order valence-corrected chi connectivity index (χ3v) is 4.13. The first kappa shape index (κ1) is 18.0. The van der Waals surface area contributed by atoms with Crippen molar-refractivity contribution < 1.29 is 14.3 Å². The molecule has 0 aromatic carbocycles. The Labute approximate surface area is 142 Å². The van der Waals surface area contributed by atoms with Crippen LogP contribution in [0.4, 0.5) is 10.6 Å². The molecule has 1 aliphatic heterocycles. The van der Waals surface area contributed by atoms with Gasteiger partial charge in [-0.3, -0.25) is 0 Å². The van der Waals surface area contributed by atoms with Gasteiger partial charge in [-0.15, -0.1) is 0 Å². The van der Waals surface area contributed by atoms with E-state index in [0.29, 0.717) is 37.9 Å². The third-order valence-electron chi connectivity index (χ3n) is 4.13. The Hall–Kier alpha value is -2.38. The smallest absolute Gasteiger partial charge is 0.358 e. The van der Waals surface area contributed by atoms with Gasteiger partial charge in [-0.2, -0.15) is 0 Å². The minimum absolute atomic E-state index is 0.0250. The predicted molar refractivity (Wildman–Crippen MR) is 90.0 cm³/mol. The van der Waals surface area contributed by atoms with E-state index in [1.54, 1.807) is 6.20 Å². The molecule has 2 amide bonds. The molecule has 132 valence electrons. The molecular weight excluding hydrogens is 310 g/mol. The summed E-state index contributed by atoms with van der Waals surface area (Å²) in [4.78, 5) is 36.1. The Kier molecular flexibility index (Phi) is 5.94. The normalized spacial score (nSPS) is 17.8. The van der Waals surface area contributed by atoms with Crippen molar-refractivity contribution in [2.75, 3.05) is 38.2 Å². The molecule has 8 nitrogen and oxygen atoms in total. The molecule has 0 spiro atoms. The number of aromatic nitrogens is 2. The second kappa shape index (κ2) is 7.94. The summed E-state index contributed by atoms with van der Waals surface area (Å²) in [5.41, 5.74) is 0.183. The molecule has 8 heteroatoms. The molecule has 0 radical (unpaired) electrons. The summed E-state index contributed by atoms with van der Waals surface area (Å²) in [6, 6.07) is 0.0651. The van der Waals surface area contributed by atoms with Crippen molar-refractivity contribution in [1.29, 1.82) is 0 Å². The SMILES string of the molecule is CCNC(=O)N1CCN(c2cnc(C(=O)OC)cn2)CC1C(C)C. The Morgan fingerprint density at radius 3 is 2.62 bits per heavy atom. The van der Waals surface area contributed by atoms with Crippen LogP contribution in [0.5, 0.6) is 0 Å². The van der Waals surface area contributed by atoms with Gasteiger partial charge in [0.05, 0.1) is 25.5 Å².